The topological polar surface area (TPSA) is 96.0 Å². The maximum Gasteiger partial charge on any atom is 0.267 e. The monoisotopic (exact) mass is 500 g/mol. The molecule has 1 atom stereocenters. The Morgan fingerprint density at radius 1 is 0.946 bits per heavy atom. The number of methoxy groups -OCH3 is 2. The Balaban J connectivity index is 1.45. The van der Waals surface area contributed by atoms with Gasteiger partial charge < -0.3 is 29.7 Å². The summed E-state index contributed by atoms with van der Waals surface area (Å²) < 4.78 is 22.9. The fourth-order valence-electron chi connectivity index (χ4n) is 4.05. The lowest BCUT2D eigenvalue weighted by molar-refractivity contribution is -0.117. The second-order valence-corrected chi connectivity index (χ2v) is 8.69. The largest absolute Gasteiger partial charge is 0.493 e. The van der Waals surface area contributed by atoms with E-state index in [1.807, 2.05) is 79.7 Å². The third kappa shape index (κ3) is 5.89. The van der Waals surface area contributed by atoms with E-state index in [4.69, 9.17) is 24.4 Å². The van der Waals surface area contributed by atoms with Crippen molar-refractivity contribution >= 4 is 22.4 Å². The Kier molecular flexibility index (Phi) is 8.03. The van der Waals surface area contributed by atoms with Crippen molar-refractivity contribution in [2.75, 3.05) is 20.8 Å². The number of allylic oxidation sites excluding steroid dienone is 1. The van der Waals surface area contributed by atoms with Crippen LogP contribution in [0.5, 0.6) is 17.2 Å². The highest BCUT2D eigenvalue weighted by atomic mass is 16.5. The lowest BCUT2D eigenvalue weighted by Crippen LogP contribution is -2.31. The van der Waals surface area contributed by atoms with Gasteiger partial charge in [-0.3, -0.25) is 4.79 Å². The molecule has 0 fully saturated rings. The van der Waals surface area contributed by atoms with Crippen LogP contribution in [0.25, 0.3) is 16.5 Å². The van der Waals surface area contributed by atoms with E-state index in [0.29, 0.717) is 47.1 Å². The summed E-state index contributed by atoms with van der Waals surface area (Å²) in [5, 5.41) is 3.75. The van der Waals surface area contributed by atoms with Crippen LogP contribution in [-0.2, 0) is 11.2 Å². The Morgan fingerprint density at radius 3 is 2.43 bits per heavy atom. The maximum atomic E-state index is 12.8. The van der Waals surface area contributed by atoms with Crippen molar-refractivity contribution in [2.45, 2.75) is 26.4 Å². The fraction of sp³-hybridized carbons (Fsp3) is 0.233. The number of hydrogen-bond donors (Lipinski definition) is 2. The van der Waals surface area contributed by atoms with E-state index in [2.05, 4.69) is 5.32 Å². The van der Waals surface area contributed by atoms with Crippen molar-refractivity contribution in [1.29, 1.82) is 0 Å². The van der Waals surface area contributed by atoms with Crippen LogP contribution in [0.1, 0.15) is 36.8 Å². The zero-order valence-electron chi connectivity index (χ0n) is 21.5. The van der Waals surface area contributed by atoms with Gasteiger partial charge in [-0.05, 0) is 55.7 Å². The summed E-state index contributed by atoms with van der Waals surface area (Å²) in [5.74, 6) is 2.10. The third-order valence-electron chi connectivity index (χ3n) is 6.25. The predicted octanol–water partition coefficient (Wildman–Crippen LogP) is 5.64. The molecule has 1 amide bonds. The number of ether oxygens (including phenoxy) is 3. The molecule has 4 aromatic rings. The SMILES string of the molecule is COc1ccc(CCNC(=O)/C(N)=C(/C)c2cc3cccc(OC(C)c4ccccc4)c3o2)cc1OC. The first-order valence-electron chi connectivity index (χ1n) is 12.1. The van der Waals surface area contributed by atoms with E-state index >= 15 is 0 Å². The molecule has 37 heavy (non-hydrogen) atoms. The molecule has 0 aliphatic rings. The van der Waals surface area contributed by atoms with Gasteiger partial charge in [-0.15, -0.1) is 0 Å². The van der Waals surface area contributed by atoms with E-state index in [1.54, 1.807) is 21.1 Å². The first-order chi connectivity index (χ1) is 17.9. The van der Waals surface area contributed by atoms with E-state index in [9.17, 15) is 4.79 Å². The number of carbonyl (C=O) groups excluding carboxylic acids is 1. The highest BCUT2D eigenvalue weighted by Crippen LogP contribution is 2.34. The van der Waals surface area contributed by atoms with Gasteiger partial charge in [-0.25, -0.2) is 0 Å². The fourth-order valence-corrected chi connectivity index (χ4v) is 4.05. The van der Waals surface area contributed by atoms with Gasteiger partial charge in [0.25, 0.3) is 5.91 Å². The number of hydrogen-bond acceptors (Lipinski definition) is 6. The van der Waals surface area contributed by atoms with Gasteiger partial charge in [0, 0.05) is 17.5 Å². The molecule has 3 N–H and O–H groups in total. The quantitative estimate of drug-likeness (QED) is 0.274. The molecular weight excluding hydrogens is 468 g/mol. The summed E-state index contributed by atoms with van der Waals surface area (Å²) in [5.41, 5.74) is 9.56. The highest BCUT2D eigenvalue weighted by Gasteiger charge is 2.17. The first kappa shape index (κ1) is 25.7. The third-order valence-corrected chi connectivity index (χ3v) is 6.25. The maximum absolute atomic E-state index is 12.8. The van der Waals surface area contributed by atoms with Crippen molar-refractivity contribution in [3.8, 4) is 17.2 Å². The van der Waals surface area contributed by atoms with Crippen LogP contribution in [0.2, 0.25) is 0 Å². The second kappa shape index (κ2) is 11.6. The second-order valence-electron chi connectivity index (χ2n) is 8.69. The molecule has 192 valence electrons. The standard InChI is InChI=1S/C30H32N2O5/c1-19(28(31)30(33)32-16-15-21-13-14-24(34-3)27(17-21)35-4)26-18-23-11-8-12-25(29(23)37-26)36-20(2)22-9-6-5-7-10-22/h5-14,17-18,20H,15-16,31H2,1-4H3,(H,32,33)/b28-19+. The highest BCUT2D eigenvalue weighted by molar-refractivity contribution is 6.00. The lowest BCUT2D eigenvalue weighted by atomic mass is 10.1. The number of furan rings is 1. The summed E-state index contributed by atoms with van der Waals surface area (Å²) in [4.78, 5) is 12.8. The number of rotatable bonds is 10. The van der Waals surface area contributed by atoms with Crippen LogP contribution in [0.15, 0.2) is 82.9 Å². The van der Waals surface area contributed by atoms with Gasteiger partial charge >= 0.3 is 0 Å². The van der Waals surface area contributed by atoms with Crippen molar-refractivity contribution in [3.05, 3.63) is 95.4 Å². The minimum Gasteiger partial charge on any atom is -0.493 e. The van der Waals surface area contributed by atoms with Gasteiger partial charge in [0.15, 0.2) is 22.8 Å². The van der Waals surface area contributed by atoms with Gasteiger partial charge in [0.1, 0.15) is 17.6 Å². The molecule has 0 saturated carbocycles. The van der Waals surface area contributed by atoms with E-state index in [0.717, 1.165) is 16.5 Å². The van der Waals surface area contributed by atoms with Crippen molar-refractivity contribution in [3.63, 3.8) is 0 Å². The molecule has 1 aromatic heterocycles. The Labute approximate surface area is 216 Å². The Hall–Kier alpha value is -4.39. The van der Waals surface area contributed by atoms with Gasteiger partial charge in [0.05, 0.1) is 14.2 Å². The molecule has 1 unspecified atom stereocenters. The molecule has 0 radical (unpaired) electrons. The zero-order chi connectivity index (χ0) is 26.4. The summed E-state index contributed by atoms with van der Waals surface area (Å²) >= 11 is 0. The number of amides is 1. The average Bonchev–Trinajstić information content (AvgIpc) is 3.38. The van der Waals surface area contributed by atoms with Gasteiger partial charge in [-0.1, -0.05) is 48.5 Å². The first-order valence-corrected chi connectivity index (χ1v) is 12.1. The van der Waals surface area contributed by atoms with Crippen LogP contribution in [0.4, 0.5) is 0 Å². The van der Waals surface area contributed by atoms with Crippen molar-refractivity contribution < 1.29 is 23.4 Å². The molecular formula is C30H32N2O5. The summed E-state index contributed by atoms with van der Waals surface area (Å²) in [6.45, 7) is 4.18. The normalized spacial score (nSPS) is 12.5. The smallest absolute Gasteiger partial charge is 0.267 e. The van der Waals surface area contributed by atoms with Crippen molar-refractivity contribution in [1.82, 2.24) is 5.32 Å². The minimum absolute atomic E-state index is 0.103. The lowest BCUT2D eigenvalue weighted by Gasteiger charge is -2.15. The molecule has 1 heterocycles. The van der Waals surface area contributed by atoms with Crippen LogP contribution in [0.3, 0.4) is 0 Å². The van der Waals surface area contributed by atoms with Crippen molar-refractivity contribution in [2.24, 2.45) is 5.73 Å². The number of carbonyl (C=O) groups is 1. The predicted molar refractivity (Wildman–Crippen MR) is 145 cm³/mol. The summed E-state index contributed by atoms with van der Waals surface area (Å²) in [6, 6.07) is 23.3. The number of nitrogens with one attached hydrogen (secondary N) is 1. The van der Waals surface area contributed by atoms with Gasteiger partial charge in [0.2, 0.25) is 0 Å². The van der Waals surface area contributed by atoms with E-state index < -0.39 is 0 Å². The molecule has 0 saturated heterocycles. The summed E-state index contributed by atoms with van der Waals surface area (Å²) in [7, 11) is 3.19. The minimum atomic E-state index is -0.354. The molecule has 7 heteroatoms. The number of fused-ring (bicyclic) bond motifs is 1. The Morgan fingerprint density at radius 2 is 1.70 bits per heavy atom. The Bertz CT molecular complexity index is 1410. The molecule has 0 aliphatic carbocycles. The van der Waals surface area contributed by atoms with Gasteiger partial charge in [-0.2, -0.15) is 0 Å². The van der Waals surface area contributed by atoms with Crippen LogP contribution >= 0.6 is 0 Å². The molecule has 4 rings (SSSR count). The molecule has 0 aliphatic heterocycles. The van der Waals surface area contributed by atoms with Crippen LogP contribution in [0, 0.1) is 0 Å². The molecule has 0 spiro atoms. The zero-order valence-corrected chi connectivity index (χ0v) is 21.5. The average molecular weight is 501 g/mol. The summed E-state index contributed by atoms with van der Waals surface area (Å²) in [6.07, 6.45) is 0.460. The van der Waals surface area contributed by atoms with E-state index in [1.165, 1.54) is 0 Å². The molecule has 7 nitrogen and oxygen atoms in total. The van der Waals surface area contributed by atoms with Crippen LogP contribution in [-0.4, -0.2) is 26.7 Å². The van der Waals surface area contributed by atoms with Crippen LogP contribution < -0.4 is 25.3 Å². The van der Waals surface area contributed by atoms with E-state index in [-0.39, 0.29) is 17.7 Å². The molecule has 0 bridgehead atoms. The number of para-hydroxylation sites is 1. The molecule has 3 aromatic carbocycles. The number of nitrogens with two attached hydrogens (primary N) is 1. The number of benzene rings is 3.